The zero-order valence-corrected chi connectivity index (χ0v) is 19.3. The van der Waals surface area contributed by atoms with Crippen LogP contribution in [0.5, 0.6) is 11.5 Å². The number of rotatable bonds is 7. The van der Waals surface area contributed by atoms with Crippen molar-refractivity contribution < 1.29 is 32.5 Å². The topological polar surface area (TPSA) is 73.6 Å². The fraction of sp³-hybridized carbons (Fsp3) is 0.231. The fourth-order valence-corrected chi connectivity index (χ4v) is 3.46. The third-order valence-electron chi connectivity index (χ3n) is 5.50. The first-order valence-corrected chi connectivity index (χ1v) is 10.7. The Morgan fingerprint density at radius 2 is 1.77 bits per heavy atom. The number of fused-ring (bicyclic) bond motifs is 1. The molecule has 6 nitrogen and oxygen atoms in total. The second kappa shape index (κ2) is 8.98. The maximum absolute atomic E-state index is 12.9. The quantitative estimate of drug-likeness (QED) is 0.339. The monoisotopic (exact) mass is 484 g/mol. The highest BCUT2D eigenvalue weighted by Crippen LogP contribution is 2.30. The second-order valence-electron chi connectivity index (χ2n) is 8.61. The Morgan fingerprint density at radius 3 is 2.40 bits per heavy atom. The van der Waals surface area contributed by atoms with Gasteiger partial charge in [0.25, 0.3) is 0 Å². The molecule has 4 rings (SSSR count). The Hall–Kier alpha value is -4.01. The number of ether oxygens (including phenoxy) is 2. The molecule has 1 heterocycles. The molecule has 0 saturated carbocycles. The molecule has 0 aliphatic heterocycles. The molecule has 1 N–H and O–H groups in total. The first-order valence-electron chi connectivity index (χ1n) is 10.7. The van der Waals surface area contributed by atoms with Crippen molar-refractivity contribution in [2.45, 2.75) is 39.2 Å². The number of nitrogens with zero attached hydrogens (tertiary/aromatic N) is 2. The first-order chi connectivity index (χ1) is 16.4. The first kappa shape index (κ1) is 24.1. The minimum Gasteiger partial charge on any atom is -0.489 e. The lowest BCUT2D eigenvalue weighted by Crippen LogP contribution is -2.38. The number of carboxylic acids is 1. The molecular formula is C26H23F3N2O4. The van der Waals surface area contributed by atoms with E-state index < -0.39 is 23.3 Å². The van der Waals surface area contributed by atoms with Crippen molar-refractivity contribution >= 4 is 16.9 Å². The number of halogens is 3. The molecule has 9 heteroatoms. The molecule has 0 saturated heterocycles. The van der Waals surface area contributed by atoms with E-state index in [0.29, 0.717) is 22.7 Å². The smallest absolute Gasteiger partial charge is 0.416 e. The molecule has 0 aliphatic carbocycles. The summed E-state index contributed by atoms with van der Waals surface area (Å²) in [4.78, 5) is 11.3. The van der Waals surface area contributed by atoms with Gasteiger partial charge in [0.1, 0.15) is 18.1 Å². The number of aromatic nitrogens is 2. The summed E-state index contributed by atoms with van der Waals surface area (Å²) in [5.41, 5.74) is 0.628. The largest absolute Gasteiger partial charge is 0.489 e. The number of benzene rings is 3. The molecule has 4 aromatic rings. The van der Waals surface area contributed by atoms with Crippen LogP contribution in [-0.4, -0.2) is 26.5 Å². The van der Waals surface area contributed by atoms with Crippen LogP contribution in [0.3, 0.4) is 0 Å². The molecule has 0 spiro atoms. The van der Waals surface area contributed by atoms with Gasteiger partial charge in [-0.2, -0.15) is 18.3 Å². The Balaban J connectivity index is 1.52. The average molecular weight is 484 g/mol. The fourth-order valence-electron chi connectivity index (χ4n) is 3.46. The molecule has 0 bridgehead atoms. The van der Waals surface area contributed by atoms with Gasteiger partial charge in [-0.25, -0.2) is 9.48 Å². The van der Waals surface area contributed by atoms with Gasteiger partial charge in [0.2, 0.25) is 0 Å². The van der Waals surface area contributed by atoms with Crippen LogP contribution in [0.25, 0.3) is 16.6 Å². The van der Waals surface area contributed by atoms with E-state index in [1.165, 1.54) is 30.7 Å². The van der Waals surface area contributed by atoms with E-state index in [1.54, 1.807) is 31.3 Å². The Kier molecular flexibility index (Phi) is 6.19. The van der Waals surface area contributed by atoms with Crippen LogP contribution in [0, 0.1) is 6.92 Å². The van der Waals surface area contributed by atoms with Crippen LogP contribution in [-0.2, 0) is 17.6 Å². The lowest BCUT2D eigenvalue weighted by atomic mass is 10.1. The molecule has 1 aromatic heterocycles. The van der Waals surface area contributed by atoms with Crippen LogP contribution in [0.2, 0.25) is 0 Å². The third kappa shape index (κ3) is 5.24. The standard InChI is InChI=1S/C26H23F3N2O4/c1-16-13-21(11-12-22(16)35-25(2,3)24(32)33)34-15-18-6-4-5-17-14-31(30-23(17)18)20-9-7-19(8-10-20)26(27,28)29/h4-14H,15H2,1-3H3,(H,32,33). The summed E-state index contributed by atoms with van der Waals surface area (Å²) in [6, 6.07) is 15.5. The van der Waals surface area contributed by atoms with Crippen molar-refractivity contribution in [3.8, 4) is 17.2 Å². The maximum atomic E-state index is 12.9. The summed E-state index contributed by atoms with van der Waals surface area (Å²) in [5, 5.41) is 14.6. The van der Waals surface area contributed by atoms with Crippen molar-refractivity contribution in [2.75, 3.05) is 0 Å². The summed E-state index contributed by atoms with van der Waals surface area (Å²) >= 11 is 0. The highest BCUT2D eigenvalue weighted by Gasteiger charge is 2.30. The predicted octanol–water partition coefficient (Wildman–Crippen LogP) is 6.17. The number of carboxylic acid groups (broad SMARTS) is 1. The van der Waals surface area contributed by atoms with Gasteiger partial charge in [0, 0.05) is 17.1 Å². The molecule has 0 atom stereocenters. The Bertz CT molecular complexity index is 1380. The van der Waals surface area contributed by atoms with Crippen molar-refractivity contribution in [3.63, 3.8) is 0 Å². The molecule has 0 amide bonds. The predicted molar refractivity (Wildman–Crippen MR) is 124 cm³/mol. The summed E-state index contributed by atoms with van der Waals surface area (Å²) in [7, 11) is 0. The molecule has 3 aromatic carbocycles. The average Bonchev–Trinajstić information content (AvgIpc) is 3.24. The molecular weight excluding hydrogens is 461 g/mol. The molecule has 35 heavy (non-hydrogen) atoms. The van der Waals surface area contributed by atoms with E-state index in [0.717, 1.165) is 28.6 Å². The van der Waals surface area contributed by atoms with Gasteiger partial charge in [0.15, 0.2) is 5.60 Å². The molecule has 0 aliphatic rings. The van der Waals surface area contributed by atoms with Gasteiger partial charge in [-0.1, -0.05) is 18.2 Å². The van der Waals surface area contributed by atoms with Crippen molar-refractivity contribution in [2.24, 2.45) is 0 Å². The zero-order chi connectivity index (χ0) is 25.4. The lowest BCUT2D eigenvalue weighted by molar-refractivity contribution is -0.152. The van der Waals surface area contributed by atoms with Crippen molar-refractivity contribution in [1.29, 1.82) is 0 Å². The van der Waals surface area contributed by atoms with E-state index in [4.69, 9.17) is 9.47 Å². The highest BCUT2D eigenvalue weighted by atomic mass is 19.4. The molecule has 0 fully saturated rings. The van der Waals surface area contributed by atoms with Crippen LogP contribution in [0.15, 0.2) is 66.9 Å². The van der Waals surface area contributed by atoms with E-state index in [2.05, 4.69) is 5.10 Å². The lowest BCUT2D eigenvalue weighted by Gasteiger charge is -2.23. The van der Waals surface area contributed by atoms with Crippen LogP contribution < -0.4 is 9.47 Å². The van der Waals surface area contributed by atoms with E-state index >= 15 is 0 Å². The van der Waals surface area contributed by atoms with Gasteiger partial charge in [0.05, 0.1) is 16.8 Å². The molecule has 0 unspecified atom stereocenters. The molecule has 182 valence electrons. The van der Waals surface area contributed by atoms with Gasteiger partial charge in [-0.3, -0.25) is 0 Å². The van der Waals surface area contributed by atoms with Crippen LogP contribution in [0.1, 0.15) is 30.5 Å². The zero-order valence-electron chi connectivity index (χ0n) is 19.3. The SMILES string of the molecule is Cc1cc(OCc2cccc3cn(-c4ccc(C(F)(F)F)cc4)nc23)ccc1OC(C)(C)C(=O)O. The normalized spacial score (nSPS) is 12.1. The minimum atomic E-state index is -4.40. The number of hydrogen-bond acceptors (Lipinski definition) is 4. The minimum absolute atomic E-state index is 0.210. The second-order valence-corrected chi connectivity index (χ2v) is 8.61. The number of alkyl halides is 3. The van der Waals surface area contributed by atoms with Crippen molar-refractivity contribution in [3.05, 3.63) is 83.6 Å². The van der Waals surface area contributed by atoms with Crippen LogP contribution >= 0.6 is 0 Å². The Labute approximate surface area is 199 Å². The number of carbonyl (C=O) groups is 1. The highest BCUT2D eigenvalue weighted by molar-refractivity contribution is 5.82. The van der Waals surface area contributed by atoms with Gasteiger partial charge < -0.3 is 14.6 Å². The van der Waals surface area contributed by atoms with E-state index in [1.807, 2.05) is 18.2 Å². The Morgan fingerprint density at radius 1 is 1.06 bits per heavy atom. The van der Waals surface area contributed by atoms with Gasteiger partial charge >= 0.3 is 12.1 Å². The summed E-state index contributed by atoms with van der Waals surface area (Å²) in [5.74, 6) is -0.0506. The van der Waals surface area contributed by atoms with Crippen molar-refractivity contribution in [1.82, 2.24) is 9.78 Å². The number of hydrogen-bond donors (Lipinski definition) is 1. The summed E-state index contributed by atoms with van der Waals surface area (Å²) in [6.07, 6.45) is -2.64. The number of aryl methyl sites for hydroxylation is 1. The summed E-state index contributed by atoms with van der Waals surface area (Å²) < 4.78 is 51.6. The van der Waals surface area contributed by atoms with Gasteiger partial charge in [-0.05, 0) is 68.8 Å². The van der Waals surface area contributed by atoms with Crippen LogP contribution in [0.4, 0.5) is 13.2 Å². The third-order valence-corrected chi connectivity index (χ3v) is 5.50. The number of aliphatic carboxylic acids is 1. The summed E-state index contributed by atoms with van der Waals surface area (Å²) in [6.45, 7) is 4.96. The maximum Gasteiger partial charge on any atom is 0.416 e. The van der Waals surface area contributed by atoms with E-state index in [-0.39, 0.29) is 6.61 Å². The van der Waals surface area contributed by atoms with E-state index in [9.17, 15) is 23.1 Å². The van der Waals surface area contributed by atoms with Gasteiger partial charge in [-0.15, -0.1) is 0 Å². The molecule has 0 radical (unpaired) electrons.